The minimum Gasteiger partial charge on any atom is -0.494 e. The Morgan fingerprint density at radius 3 is 1.97 bits per heavy atom. The molecule has 3 aromatic rings. The molecule has 0 radical (unpaired) electrons. The second-order valence-electron chi connectivity index (χ2n) is 10.2. The van der Waals surface area contributed by atoms with Crippen molar-refractivity contribution in [3.05, 3.63) is 95.1 Å². The second kappa shape index (κ2) is 12.9. The molecular formula is C31H35NO6. The molecule has 2 N–H and O–H groups in total. The van der Waals surface area contributed by atoms with Crippen LogP contribution >= 0.6 is 0 Å². The van der Waals surface area contributed by atoms with E-state index in [-0.39, 0.29) is 11.8 Å². The number of amides is 1. The van der Waals surface area contributed by atoms with Crippen LogP contribution in [0.5, 0.6) is 11.5 Å². The van der Waals surface area contributed by atoms with Crippen molar-refractivity contribution in [1.29, 1.82) is 0 Å². The van der Waals surface area contributed by atoms with Crippen LogP contribution in [0.3, 0.4) is 0 Å². The van der Waals surface area contributed by atoms with Crippen molar-refractivity contribution < 1.29 is 29.0 Å². The molecule has 0 fully saturated rings. The molecule has 3 aromatic carbocycles. The van der Waals surface area contributed by atoms with E-state index in [1.807, 2.05) is 12.1 Å². The van der Waals surface area contributed by atoms with E-state index < -0.39 is 23.9 Å². The number of benzene rings is 3. The third-order valence-electron chi connectivity index (χ3n) is 6.05. The predicted molar refractivity (Wildman–Crippen MR) is 146 cm³/mol. The molecule has 1 amide bonds. The fourth-order valence-corrected chi connectivity index (χ4v) is 3.68. The van der Waals surface area contributed by atoms with Gasteiger partial charge in [0.15, 0.2) is 0 Å². The highest BCUT2D eigenvalue weighted by Crippen LogP contribution is 2.22. The molecular weight excluding hydrogens is 482 g/mol. The Balaban J connectivity index is 1.57. The Labute approximate surface area is 223 Å². The highest BCUT2D eigenvalue weighted by atomic mass is 16.5. The van der Waals surface area contributed by atoms with Crippen molar-refractivity contribution in [2.45, 2.75) is 58.4 Å². The van der Waals surface area contributed by atoms with Crippen LogP contribution in [0, 0.1) is 0 Å². The summed E-state index contributed by atoms with van der Waals surface area (Å²) < 4.78 is 11.0. The molecule has 38 heavy (non-hydrogen) atoms. The van der Waals surface area contributed by atoms with Crippen LogP contribution in [0.4, 0.5) is 0 Å². The van der Waals surface area contributed by atoms with E-state index in [0.29, 0.717) is 34.8 Å². The zero-order valence-electron chi connectivity index (χ0n) is 22.3. The first-order valence-electron chi connectivity index (χ1n) is 12.7. The molecule has 0 aliphatic carbocycles. The molecule has 0 bridgehead atoms. The van der Waals surface area contributed by atoms with Gasteiger partial charge in [-0.25, -0.2) is 9.59 Å². The first-order valence-corrected chi connectivity index (χ1v) is 12.7. The summed E-state index contributed by atoms with van der Waals surface area (Å²) in [4.78, 5) is 37.0. The molecule has 200 valence electrons. The minimum absolute atomic E-state index is 0.0490. The van der Waals surface area contributed by atoms with Crippen LogP contribution in [0.25, 0.3) is 0 Å². The van der Waals surface area contributed by atoms with Gasteiger partial charge < -0.3 is 19.9 Å². The summed E-state index contributed by atoms with van der Waals surface area (Å²) in [6, 6.07) is 19.3. The first-order chi connectivity index (χ1) is 18.1. The van der Waals surface area contributed by atoms with Gasteiger partial charge in [0.2, 0.25) is 0 Å². The van der Waals surface area contributed by atoms with Crippen molar-refractivity contribution in [2.24, 2.45) is 0 Å². The number of rotatable bonds is 11. The quantitative estimate of drug-likeness (QED) is 0.189. The monoisotopic (exact) mass is 517 g/mol. The van der Waals surface area contributed by atoms with E-state index >= 15 is 0 Å². The number of aliphatic carboxylic acids is 1. The lowest BCUT2D eigenvalue weighted by atomic mass is 9.86. The van der Waals surface area contributed by atoms with Gasteiger partial charge in [-0.3, -0.25) is 4.79 Å². The maximum Gasteiger partial charge on any atom is 0.343 e. The van der Waals surface area contributed by atoms with Gasteiger partial charge in [0.1, 0.15) is 17.5 Å². The van der Waals surface area contributed by atoms with Gasteiger partial charge in [-0.05, 0) is 71.5 Å². The molecule has 0 aliphatic heterocycles. The second-order valence-corrected chi connectivity index (χ2v) is 10.2. The average Bonchev–Trinajstić information content (AvgIpc) is 2.89. The molecule has 0 spiro atoms. The zero-order chi connectivity index (χ0) is 27.7. The van der Waals surface area contributed by atoms with Crippen LogP contribution in [-0.2, 0) is 16.6 Å². The molecule has 7 heteroatoms. The summed E-state index contributed by atoms with van der Waals surface area (Å²) >= 11 is 0. The molecule has 1 unspecified atom stereocenters. The smallest absolute Gasteiger partial charge is 0.343 e. The number of carboxylic acids is 1. The average molecular weight is 518 g/mol. The van der Waals surface area contributed by atoms with Gasteiger partial charge in [0.25, 0.3) is 5.91 Å². The first kappa shape index (κ1) is 28.4. The largest absolute Gasteiger partial charge is 0.494 e. The highest BCUT2D eigenvalue weighted by molar-refractivity contribution is 5.96. The van der Waals surface area contributed by atoms with Crippen molar-refractivity contribution in [3.63, 3.8) is 0 Å². The number of carbonyl (C=O) groups is 3. The van der Waals surface area contributed by atoms with E-state index in [1.165, 1.54) is 0 Å². The van der Waals surface area contributed by atoms with E-state index in [1.54, 1.807) is 60.7 Å². The maximum absolute atomic E-state index is 12.7. The normalized spacial score (nSPS) is 11.9. The Bertz CT molecular complexity index is 1230. The van der Waals surface area contributed by atoms with Crippen molar-refractivity contribution in [2.75, 3.05) is 6.61 Å². The SMILES string of the molecule is CCCCOc1ccc(C(=O)Oc2ccc(CC(NC(=O)c3ccc(C(C)(C)C)cc3)C(=O)O)cc2)cc1. The number of esters is 1. The zero-order valence-corrected chi connectivity index (χ0v) is 22.3. The summed E-state index contributed by atoms with van der Waals surface area (Å²) in [5.41, 5.74) is 2.49. The van der Waals surface area contributed by atoms with E-state index in [9.17, 15) is 19.5 Å². The van der Waals surface area contributed by atoms with Crippen LogP contribution in [0.15, 0.2) is 72.8 Å². The summed E-state index contributed by atoms with van der Waals surface area (Å²) in [5.74, 6) is -1.07. The molecule has 0 aromatic heterocycles. The summed E-state index contributed by atoms with van der Waals surface area (Å²) in [6.45, 7) is 8.96. The number of hydrogen-bond donors (Lipinski definition) is 2. The van der Waals surface area contributed by atoms with Gasteiger partial charge in [0.05, 0.1) is 12.2 Å². The topological polar surface area (TPSA) is 102 Å². The van der Waals surface area contributed by atoms with Crippen LogP contribution in [0.1, 0.15) is 72.4 Å². The van der Waals surface area contributed by atoms with E-state index in [0.717, 1.165) is 18.4 Å². The fraction of sp³-hybridized carbons (Fsp3) is 0.323. The number of carboxylic acid groups (broad SMARTS) is 1. The van der Waals surface area contributed by atoms with Gasteiger partial charge in [-0.1, -0.05) is 58.4 Å². The van der Waals surface area contributed by atoms with Crippen LogP contribution < -0.4 is 14.8 Å². The lowest BCUT2D eigenvalue weighted by molar-refractivity contribution is -0.139. The van der Waals surface area contributed by atoms with Gasteiger partial charge in [-0.2, -0.15) is 0 Å². The van der Waals surface area contributed by atoms with Gasteiger partial charge in [-0.15, -0.1) is 0 Å². The minimum atomic E-state index is -1.14. The lowest BCUT2D eigenvalue weighted by Gasteiger charge is -2.19. The fourth-order valence-electron chi connectivity index (χ4n) is 3.68. The molecule has 0 saturated heterocycles. The maximum atomic E-state index is 12.7. The predicted octanol–water partition coefficient (Wildman–Crippen LogP) is 5.81. The number of ether oxygens (including phenoxy) is 2. The summed E-state index contributed by atoms with van der Waals surface area (Å²) in [7, 11) is 0. The number of carbonyl (C=O) groups excluding carboxylic acids is 2. The Morgan fingerprint density at radius 2 is 1.42 bits per heavy atom. The highest BCUT2D eigenvalue weighted by Gasteiger charge is 2.22. The Hall–Kier alpha value is -4.13. The number of nitrogens with one attached hydrogen (secondary N) is 1. The Morgan fingerprint density at radius 1 is 0.842 bits per heavy atom. The van der Waals surface area contributed by atoms with Crippen LogP contribution in [0.2, 0.25) is 0 Å². The van der Waals surface area contributed by atoms with E-state index in [2.05, 4.69) is 33.0 Å². The number of unbranched alkanes of at least 4 members (excludes halogenated alkanes) is 1. The third-order valence-corrected chi connectivity index (χ3v) is 6.05. The van der Waals surface area contributed by atoms with Crippen molar-refractivity contribution >= 4 is 17.8 Å². The molecule has 0 aliphatic rings. The molecule has 7 nitrogen and oxygen atoms in total. The number of hydrogen-bond acceptors (Lipinski definition) is 5. The van der Waals surface area contributed by atoms with E-state index in [4.69, 9.17) is 9.47 Å². The summed E-state index contributed by atoms with van der Waals surface area (Å²) in [5, 5.41) is 12.3. The lowest BCUT2D eigenvalue weighted by Crippen LogP contribution is -2.42. The molecule has 3 rings (SSSR count). The standard InChI is InChI=1S/C31H35NO6/c1-5-6-19-37-25-17-11-23(12-18-25)30(36)38-26-15-7-21(8-16-26)20-27(29(34)35)32-28(33)22-9-13-24(14-10-22)31(2,3)4/h7-18,27H,5-6,19-20H2,1-4H3,(H,32,33)(H,34,35). The van der Waals surface area contributed by atoms with Crippen LogP contribution in [-0.4, -0.2) is 35.6 Å². The van der Waals surface area contributed by atoms with Crippen molar-refractivity contribution in [3.8, 4) is 11.5 Å². The van der Waals surface area contributed by atoms with Gasteiger partial charge in [0, 0.05) is 12.0 Å². The third kappa shape index (κ3) is 8.20. The summed E-state index contributed by atoms with van der Waals surface area (Å²) in [6.07, 6.45) is 2.08. The Kier molecular flexibility index (Phi) is 9.66. The molecule has 0 saturated carbocycles. The van der Waals surface area contributed by atoms with Crippen molar-refractivity contribution in [1.82, 2.24) is 5.32 Å². The molecule has 0 heterocycles. The van der Waals surface area contributed by atoms with Gasteiger partial charge >= 0.3 is 11.9 Å². The molecule has 1 atom stereocenters.